The summed E-state index contributed by atoms with van der Waals surface area (Å²) in [5.41, 5.74) is 1.29. The predicted octanol–water partition coefficient (Wildman–Crippen LogP) is 3.04. The van der Waals surface area contributed by atoms with Gasteiger partial charge in [-0.1, -0.05) is 0 Å². The van der Waals surface area contributed by atoms with E-state index < -0.39 is 0 Å². The fraction of sp³-hybridized carbons (Fsp3) is 0.364. The molecule has 0 N–H and O–H groups in total. The Bertz CT molecular complexity index is 377. The van der Waals surface area contributed by atoms with Gasteiger partial charge in [-0.05, 0) is 40.9 Å². The maximum Gasteiger partial charge on any atom is 0.136 e. The minimum atomic E-state index is -0.288. The molecule has 0 amide bonds. The van der Waals surface area contributed by atoms with Crippen LogP contribution in [0.3, 0.4) is 0 Å². The molecule has 0 unspecified atom stereocenters. The zero-order chi connectivity index (χ0) is 11.4. The van der Waals surface area contributed by atoms with Crippen LogP contribution in [0.15, 0.2) is 10.5 Å². The summed E-state index contributed by atoms with van der Waals surface area (Å²) >= 11 is 3.23. The Kier molecular flexibility index (Phi) is 4.27. The minimum absolute atomic E-state index is 0.288. The molecule has 0 saturated heterocycles. The molecule has 0 fully saturated rings. The van der Waals surface area contributed by atoms with Crippen LogP contribution in [0.1, 0.15) is 17.5 Å². The van der Waals surface area contributed by atoms with E-state index in [-0.39, 0.29) is 5.82 Å². The first-order chi connectivity index (χ1) is 7.11. The van der Waals surface area contributed by atoms with Gasteiger partial charge in [-0.25, -0.2) is 4.39 Å². The fourth-order valence-electron chi connectivity index (χ4n) is 1.47. The number of carbonyl (C=O) groups excluding carboxylic acids is 1. The van der Waals surface area contributed by atoms with Gasteiger partial charge in [0.1, 0.15) is 17.9 Å². The van der Waals surface area contributed by atoms with E-state index in [0.717, 1.165) is 11.8 Å². The third-order valence-electron chi connectivity index (χ3n) is 2.27. The van der Waals surface area contributed by atoms with E-state index in [4.69, 9.17) is 4.74 Å². The van der Waals surface area contributed by atoms with Crippen LogP contribution in [0, 0.1) is 12.7 Å². The lowest BCUT2D eigenvalue weighted by molar-refractivity contribution is -0.107. The molecular weight excluding hydrogens is 263 g/mol. The number of rotatable bonds is 4. The number of ether oxygens (including phenoxy) is 1. The number of hydrogen-bond acceptors (Lipinski definition) is 2. The maximum atomic E-state index is 13.4. The number of hydrogen-bond donors (Lipinski definition) is 0. The minimum Gasteiger partial charge on any atom is -0.495 e. The lowest BCUT2D eigenvalue weighted by atomic mass is 10.0. The highest BCUT2D eigenvalue weighted by Crippen LogP contribution is 2.33. The molecule has 0 spiro atoms. The van der Waals surface area contributed by atoms with Crippen molar-refractivity contribution < 1.29 is 13.9 Å². The zero-order valence-electron chi connectivity index (χ0n) is 8.64. The van der Waals surface area contributed by atoms with Crippen LogP contribution in [0.2, 0.25) is 0 Å². The molecule has 1 aromatic carbocycles. The Morgan fingerprint density at radius 2 is 2.27 bits per heavy atom. The molecular formula is C11H12BrFO2. The second-order valence-electron chi connectivity index (χ2n) is 3.18. The SMILES string of the molecule is COc1c(Br)cc(F)c(C)c1CCC=O. The second-order valence-corrected chi connectivity index (χ2v) is 4.04. The molecule has 0 saturated carbocycles. The van der Waals surface area contributed by atoms with Crippen molar-refractivity contribution in [1.82, 2.24) is 0 Å². The second kappa shape index (κ2) is 5.26. The van der Waals surface area contributed by atoms with E-state index in [0.29, 0.717) is 28.6 Å². The maximum absolute atomic E-state index is 13.4. The molecule has 1 aromatic rings. The van der Waals surface area contributed by atoms with Gasteiger partial charge in [0.2, 0.25) is 0 Å². The van der Waals surface area contributed by atoms with Crippen molar-refractivity contribution in [3.05, 3.63) is 27.5 Å². The standard InChI is InChI=1S/C11H12BrFO2/c1-7-8(4-3-5-14)11(15-2)9(12)6-10(7)13/h5-6H,3-4H2,1-2H3. The number of methoxy groups -OCH3 is 1. The van der Waals surface area contributed by atoms with Crippen molar-refractivity contribution in [3.63, 3.8) is 0 Å². The zero-order valence-corrected chi connectivity index (χ0v) is 10.2. The van der Waals surface area contributed by atoms with Crippen LogP contribution >= 0.6 is 15.9 Å². The van der Waals surface area contributed by atoms with E-state index in [2.05, 4.69) is 15.9 Å². The van der Waals surface area contributed by atoms with Crippen LogP contribution in [0.25, 0.3) is 0 Å². The summed E-state index contributed by atoms with van der Waals surface area (Å²) in [7, 11) is 1.53. The van der Waals surface area contributed by atoms with Crippen molar-refractivity contribution in [1.29, 1.82) is 0 Å². The van der Waals surface area contributed by atoms with Gasteiger partial charge in [0.25, 0.3) is 0 Å². The summed E-state index contributed by atoms with van der Waals surface area (Å²) in [6, 6.07) is 1.37. The van der Waals surface area contributed by atoms with E-state index in [1.165, 1.54) is 13.2 Å². The molecule has 0 aliphatic rings. The monoisotopic (exact) mass is 274 g/mol. The van der Waals surface area contributed by atoms with Crippen molar-refractivity contribution in [2.75, 3.05) is 7.11 Å². The number of benzene rings is 1. The Morgan fingerprint density at radius 1 is 1.60 bits per heavy atom. The van der Waals surface area contributed by atoms with Gasteiger partial charge in [0.05, 0.1) is 11.6 Å². The van der Waals surface area contributed by atoms with Crippen LogP contribution in [-0.2, 0) is 11.2 Å². The Labute approximate surface area is 96.6 Å². The predicted molar refractivity (Wildman–Crippen MR) is 59.8 cm³/mol. The van der Waals surface area contributed by atoms with E-state index in [9.17, 15) is 9.18 Å². The molecule has 1 rings (SSSR count). The van der Waals surface area contributed by atoms with E-state index in [1.54, 1.807) is 6.92 Å². The summed E-state index contributed by atoms with van der Waals surface area (Å²) in [6.45, 7) is 1.68. The first-order valence-electron chi connectivity index (χ1n) is 4.57. The molecule has 0 atom stereocenters. The number of carbonyl (C=O) groups is 1. The van der Waals surface area contributed by atoms with Gasteiger partial charge in [-0.15, -0.1) is 0 Å². The van der Waals surface area contributed by atoms with E-state index in [1.807, 2.05) is 0 Å². The number of aldehydes is 1. The normalized spacial score (nSPS) is 10.1. The molecule has 0 radical (unpaired) electrons. The first-order valence-corrected chi connectivity index (χ1v) is 5.36. The van der Waals surface area contributed by atoms with Gasteiger partial charge >= 0.3 is 0 Å². The molecule has 0 aliphatic carbocycles. The van der Waals surface area contributed by atoms with Gasteiger partial charge in [0.15, 0.2) is 0 Å². The van der Waals surface area contributed by atoms with Crippen molar-refractivity contribution >= 4 is 22.2 Å². The fourth-order valence-corrected chi connectivity index (χ4v) is 2.07. The van der Waals surface area contributed by atoms with Crippen molar-refractivity contribution in [2.45, 2.75) is 19.8 Å². The average Bonchev–Trinajstić information content (AvgIpc) is 2.21. The highest BCUT2D eigenvalue weighted by atomic mass is 79.9. The molecule has 82 valence electrons. The molecule has 0 bridgehead atoms. The molecule has 2 nitrogen and oxygen atoms in total. The highest BCUT2D eigenvalue weighted by molar-refractivity contribution is 9.10. The summed E-state index contributed by atoms with van der Waals surface area (Å²) in [4.78, 5) is 10.3. The topological polar surface area (TPSA) is 26.3 Å². The van der Waals surface area contributed by atoms with Gasteiger partial charge in [-0.2, -0.15) is 0 Å². The van der Waals surface area contributed by atoms with Crippen LogP contribution in [0.4, 0.5) is 4.39 Å². The van der Waals surface area contributed by atoms with Gasteiger partial charge in [-0.3, -0.25) is 0 Å². The molecule has 15 heavy (non-hydrogen) atoms. The van der Waals surface area contributed by atoms with Gasteiger partial charge < -0.3 is 9.53 Å². The smallest absolute Gasteiger partial charge is 0.136 e. The lowest BCUT2D eigenvalue weighted by Crippen LogP contribution is -2.00. The van der Waals surface area contributed by atoms with E-state index >= 15 is 0 Å². The molecule has 0 aliphatic heterocycles. The Morgan fingerprint density at radius 3 is 2.80 bits per heavy atom. The Balaban J connectivity index is 3.23. The first kappa shape index (κ1) is 12.2. The highest BCUT2D eigenvalue weighted by Gasteiger charge is 2.14. The molecule has 0 heterocycles. The molecule has 4 heteroatoms. The average molecular weight is 275 g/mol. The summed E-state index contributed by atoms with van der Waals surface area (Å²) < 4.78 is 19.2. The summed E-state index contributed by atoms with van der Waals surface area (Å²) in [5, 5.41) is 0. The van der Waals surface area contributed by atoms with Crippen molar-refractivity contribution in [3.8, 4) is 5.75 Å². The number of halogens is 2. The molecule has 0 aromatic heterocycles. The van der Waals surface area contributed by atoms with Crippen LogP contribution in [0.5, 0.6) is 5.75 Å². The third kappa shape index (κ3) is 2.56. The third-order valence-corrected chi connectivity index (χ3v) is 2.86. The quantitative estimate of drug-likeness (QED) is 0.789. The lowest BCUT2D eigenvalue weighted by Gasteiger charge is -2.13. The largest absolute Gasteiger partial charge is 0.495 e. The van der Waals surface area contributed by atoms with Crippen LogP contribution < -0.4 is 4.74 Å². The summed E-state index contributed by atoms with van der Waals surface area (Å²) in [5.74, 6) is 0.319. The van der Waals surface area contributed by atoms with Crippen LogP contribution in [-0.4, -0.2) is 13.4 Å². The Hall–Kier alpha value is -0.900. The summed E-state index contributed by atoms with van der Waals surface area (Å²) in [6.07, 6.45) is 1.68. The van der Waals surface area contributed by atoms with Gasteiger partial charge in [0, 0.05) is 12.0 Å². The van der Waals surface area contributed by atoms with Crippen molar-refractivity contribution in [2.24, 2.45) is 0 Å².